The number of hydrogen-bond donors (Lipinski definition) is 0. The van der Waals surface area contributed by atoms with Crippen LogP contribution in [0.15, 0.2) is 0 Å². The molecule has 0 saturated carbocycles. The second-order valence-corrected chi connectivity index (χ2v) is 16.4. The number of ether oxygens (including phenoxy) is 3. The molecule has 0 saturated heterocycles. The van der Waals surface area contributed by atoms with Crippen LogP contribution >= 0.6 is 0 Å². The Kier molecular flexibility index (Phi) is 42.8. The first-order valence-corrected chi connectivity index (χ1v) is 24.0. The maximum atomic E-state index is 12.7. The lowest BCUT2D eigenvalue weighted by Crippen LogP contribution is -2.30. The van der Waals surface area contributed by atoms with Crippen LogP contribution in [0, 0.1) is 0 Å². The summed E-state index contributed by atoms with van der Waals surface area (Å²) in [6.45, 7) is 6.63. The molecule has 0 aliphatic carbocycles. The zero-order valence-corrected chi connectivity index (χ0v) is 36.5. The van der Waals surface area contributed by atoms with Crippen molar-refractivity contribution >= 4 is 17.9 Å². The summed E-state index contributed by atoms with van der Waals surface area (Å²) in [4.78, 5) is 37.6. The molecule has 0 aliphatic rings. The average Bonchev–Trinajstić information content (AvgIpc) is 3.17. The fourth-order valence-electron chi connectivity index (χ4n) is 7.21. The van der Waals surface area contributed by atoms with Gasteiger partial charge in [0.2, 0.25) is 0 Å². The van der Waals surface area contributed by atoms with E-state index in [2.05, 4.69) is 20.8 Å². The lowest BCUT2D eigenvalue weighted by molar-refractivity contribution is -0.167. The molecule has 0 bridgehead atoms. The number of carbonyl (C=O) groups is 3. The van der Waals surface area contributed by atoms with Gasteiger partial charge in [-0.05, 0) is 19.3 Å². The molecule has 0 radical (unpaired) electrons. The molecule has 0 fully saturated rings. The lowest BCUT2D eigenvalue weighted by atomic mass is 10.0. The summed E-state index contributed by atoms with van der Waals surface area (Å²) in [5.41, 5.74) is 0. The van der Waals surface area contributed by atoms with Crippen LogP contribution in [-0.4, -0.2) is 37.2 Å². The fourth-order valence-corrected chi connectivity index (χ4v) is 7.21. The molecular formula is C48H92O6. The fraction of sp³-hybridized carbons (Fsp3) is 0.938. The number of rotatable bonds is 44. The largest absolute Gasteiger partial charge is 0.462 e. The van der Waals surface area contributed by atoms with Gasteiger partial charge >= 0.3 is 17.9 Å². The molecular weight excluding hydrogens is 673 g/mol. The highest BCUT2D eigenvalue weighted by atomic mass is 16.6. The summed E-state index contributed by atoms with van der Waals surface area (Å²) >= 11 is 0. The van der Waals surface area contributed by atoms with E-state index < -0.39 is 6.10 Å². The van der Waals surface area contributed by atoms with Gasteiger partial charge in [0.15, 0.2) is 6.10 Å². The maximum Gasteiger partial charge on any atom is 0.306 e. The summed E-state index contributed by atoms with van der Waals surface area (Å²) in [6, 6.07) is 0. The zero-order chi connectivity index (χ0) is 39.4. The number of carbonyl (C=O) groups excluding carboxylic acids is 3. The molecule has 54 heavy (non-hydrogen) atoms. The third-order valence-electron chi connectivity index (χ3n) is 10.9. The van der Waals surface area contributed by atoms with Gasteiger partial charge in [0.1, 0.15) is 13.2 Å². The van der Waals surface area contributed by atoms with E-state index in [1.165, 1.54) is 173 Å². The van der Waals surface area contributed by atoms with E-state index in [1.807, 2.05) is 0 Å². The minimum atomic E-state index is -0.757. The van der Waals surface area contributed by atoms with E-state index in [9.17, 15) is 14.4 Å². The van der Waals surface area contributed by atoms with Crippen LogP contribution in [0.4, 0.5) is 0 Å². The molecule has 0 unspecified atom stereocenters. The van der Waals surface area contributed by atoms with Crippen molar-refractivity contribution in [2.75, 3.05) is 13.2 Å². The standard InChI is InChI=1S/C48H92O6/c1-4-7-10-13-16-18-20-22-23-24-26-28-30-33-36-39-42-48(51)54-45(43-52-46(49)40-37-34-31-15-12-9-6-3)44-53-47(50)41-38-35-32-29-27-25-21-19-17-14-11-8-5-2/h45H,4-44H2,1-3H3/t45-/m0/s1. The van der Waals surface area contributed by atoms with E-state index in [-0.39, 0.29) is 31.1 Å². The second-order valence-electron chi connectivity index (χ2n) is 16.4. The Bertz CT molecular complexity index is 798. The van der Waals surface area contributed by atoms with Crippen molar-refractivity contribution in [1.82, 2.24) is 0 Å². The smallest absolute Gasteiger partial charge is 0.306 e. The maximum absolute atomic E-state index is 12.7. The van der Waals surface area contributed by atoms with Gasteiger partial charge in [0, 0.05) is 19.3 Å². The monoisotopic (exact) mass is 765 g/mol. The first kappa shape index (κ1) is 52.4. The second kappa shape index (κ2) is 44.1. The normalized spacial score (nSPS) is 11.8. The molecule has 0 rings (SSSR count). The zero-order valence-electron chi connectivity index (χ0n) is 36.5. The summed E-state index contributed by atoms with van der Waals surface area (Å²) in [7, 11) is 0. The van der Waals surface area contributed by atoms with Gasteiger partial charge in [-0.3, -0.25) is 14.4 Å². The highest BCUT2D eigenvalue weighted by Gasteiger charge is 2.19. The Morgan fingerprint density at radius 1 is 0.296 bits per heavy atom. The van der Waals surface area contributed by atoms with E-state index in [0.29, 0.717) is 19.3 Å². The SMILES string of the molecule is CCCCCCCCCCCCCCCCCCC(=O)O[C@@H](COC(=O)CCCCCCCCC)COC(=O)CCCCCCCCCCCCCCC. The van der Waals surface area contributed by atoms with Crippen LogP contribution in [0.2, 0.25) is 0 Å². The van der Waals surface area contributed by atoms with Crippen molar-refractivity contribution < 1.29 is 28.6 Å². The lowest BCUT2D eigenvalue weighted by Gasteiger charge is -2.18. The van der Waals surface area contributed by atoms with Crippen molar-refractivity contribution in [3.63, 3.8) is 0 Å². The first-order valence-electron chi connectivity index (χ1n) is 24.0. The van der Waals surface area contributed by atoms with Gasteiger partial charge in [0.05, 0.1) is 0 Å². The minimum absolute atomic E-state index is 0.0628. The molecule has 0 aromatic rings. The van der Waals surface area contributed by atoms with Crippen LogP contribution in [0.25, 0.3) is 0 Å². The van der Waals surface area contributed by atoms with Crippen molar-refractivity contribution in [1.29, 1.82) is 0 Å². The molecule has 0 amide bonds. The molecule has 1 atom stereocenters. The molecule has 6 heteroatoms. The number of esters is 3. The molecule has 0 aromatic heterocycles. The Balaban J connectivity index is 4.23. The molecule has 0 aliphatic heterocycles. The van der Waals surface area contributed by atoms with Crippen molar-refractivity contribution in [2.24, 2.45) is 0 Å². The predicted octanol–water partition coefficient (Wildman–Crippen LogP) is 15.3. The highest BCUT2D eigenvalue weighted by Crippen LogP contribution is 2.16. The van der Waals surface area contributed by atoms with Gasteiger partial charge in [-0.25, -0.2) is 0 Å². The molecule has 320 valence electrons. The van der Waals surface area contributed by atoms with Gasteiger partial charge in [0.25, 0.3) is 0 Å². The molecule has 0 spiro atoms. The quantitative estimate of drug-likeness (QED) is 0.0349. The van der Waals surface area contributed by atoms with Crippen LogP contribution in [0.3, 0.4) is 0 Å². The van der Waals surface area contributed by atoms with Crippen LogP contribution in [-0.2, 0) is 28.6 Å². The van der Waals surface area contributed by atoms with Crippen molar-refractivity contribution in [3.05, 3.63) is 0 Å². The summed E-state index contributed by atoms with van der Waals surface area (Å²) in [5, 5.41) is 0. The topological polar surface area (TPSA) is 78.9 Å². The Morgan fingerprint density at radius 2 is 0.500 bits per heavy atom. The van der Waals surface area contributed by atoms with Crippen molar-refractivity contribution in [3.8, 4) is 0 Å². The summed E-state index contributed by atoms with van der Waals surface area (Å²) in [6.07, 6.45) is 45.2. The first-order chi connectivity index (χ1) is 26.5. The predicted molar refractivity (Wildman–Crippen MR) is 229 cm³/mol. The molecule has 0 heterocycles. The van der Waals surface area contributed by atoms with Crippen LogP contribution < -0.4 is 0 Å². The molecule has 6 nitrogen and oxygen atoms in total. The van der Waals surface area contributed by atoms with Gasteiger partial charge in [-0.15, -0.1) is 0 Å². The van der Waals surface area contributed by atoms with Crippen LogP contribution in [0.1, 0.15) is 271 Å². The van der Waals surface area contributed by atoms with E-state index in [0.717, 1.165) is 57.8 Å². The molecule has 0 N–H and O–H groups in total. The van der Waals surface area contributed by atoms with E-state index in [4.69, 9.17) is 14.2 Å². The van der Waals surface area contributed by atoms with Crippen molar-refractivity contribution in [2.45, 2.75) is 277 Å². The van der Waals surface area contributed by atoms with Gasteiger partial charge in [-0.2, -0.15) is 0 Å². The highest BCUT2D eigenvalue weighted by molar-refractivity contribution is 5.71. The number of hydrogen-bond acceptors (Lipinski definition) is 6. The Labute approximate surface area is 336 Å². The third-order valence-corrected chi connectivity index (χ3v) is 10.9. The Hall–Kier alpha value is -1.59. The number of unbranched alkanes of at least 4 members (excludes halogenated alkanes) is 33. The van der Waals surface area contributed by atoms with E-state index in [1.54, 1.807) is 0 Å². The average molecular weight is 765 g/mol. The van der Waals surface area contributed by atoms with Crippen LogP contribution in [0.5, 0.6) is 0 Å². The Morgan fingerprint density at radius 3 is 0.741 bits per heavy atom. The van der Waals surface area contributed by atoms with Gasteiger partial charge in [-0.1, -0.05) is 233 Å². The minimum Gasteiger partial charge on any atom is -0.462 e. The van der Waals surface area contributed by atoms with E-state index >= 15 is 0 Å². The molecule has 0 aromatic carbocycles. The third kappa shape index (κ3) is 41.6. The summed E-state index contributed by atoms with van der Waals surface area (Å²) < 4.78 is 16.7. The summed E-state index contributed by atoms with van der Waals surface area (Å²) in [5.74, 6) is -0.854. The van der Waals surface area contributed by atoms with Gasteiger partial charge < -0.3 is 14.2 Å².